The highest BCUT2D eigenvalue weighted by Crippen LogP contribution is 2.45. The largest absolute Gasteiger partial charge is 0.494 e. The predicted octanol–water partition coefficient (Wildman–Crippen LogP) is 5.03. The van der Waals surface area contributed by atoms with Crippen LogP contribution in [-0.4, -0.2) is 67.9 Å². The van der Waals surface area contributed by atoms with E-state index in [0.717, 1.165) is 72.9 Å². The second-order valence-corrected chi connectivity index (χ2v) is 7.87. The minimum atomic E-state index is -0.642. The fraction of sp³-hybridized carbons (Fsp3) is 0.520. The second kappa shape index (κ2) is 13.9. The van der Waals surface area contributed by atoms with Crippen molar-refractivity contribution in [2.45, 2.75) is 33.3 Å². The van der Waals surface area contributed by atoms with Crippen molar-refractivity contribution in [3.63, 3.8) is 0 Å². The van der Waals surface area contributed by atoms with Crippen molar-refractivity contribution in [2.24, 2.45) is 0 Å². The molecule has 2 aromatic rings. The van der Waals surface area contributed by atoms with Crippen LogP contribution in [0.15, 0.2) is 36.4 Å². The Labute approximate surface area is 205 Å². The van der Waals surface area contributed by atoms with Crippen LogP contribution >= 0.6 is 24.8 Å². The molecule has 5 nitrogen and oxygen atoms in total. The molecule has 7 heteroatoms. The molecule has 0 amide bonds. The second-order valence-electron chi connectivity index (χ2n) is 7.87. The van der Waals surface area contributed by atoms with Crippen LogP contribution in [0.5, 0.6) is 11.5 Å². The molecule has 0 fully saturated rings. The fourth-order valence-corrected chi connectivity index (χ4v) is 3.89. The van der Waals surface area contributed by atoms with Crippen LogP contribution < -0.4 is 9.47 Å². The van der Waals surface area contributed by atoms with Crippen LogP contribution in [0.25, 0.3) is 11.1 Å². The van der Waals surface area contributed by atoms with Crippen molar-refractivity contribution >= 4 is 24.8 Å². The van der Waals surface area contributed by atoms with Gasteiger partial charge in [0.15, 0.2) is 0 Å². The average molecular weight is 485 g/mol. The summed E-state index contributed by atoms with van der Waals surface area (Å²) >= 11 is 0. The lowest BCUT2D eigenvalue weighted by molar-refractivity contribution is 0.216. The van der Waals surface area contributed by atoms with Gasteiger partial charge in [0, 0.05) is 13.1 Å². The zero-order chi connectivity index (χ0) is 21.5. The summed E-state index contributed by atoms with van der Waals surface area (Å²) < 4.78 is 11.9. The average Bonchev–Trinajstić information content (AvgIpc) is 3.05. The van der Waals surface area contributed by atoms with Crippen molar-refractivity contribution in [2.75, 3.05) is 53.0 Å². The molecule has 3 rings (SSSR count). The zero-order valence-electron chi connectivity index (χ0n) is 19.7. The molecule has 1 aliphatic rings. The van der Waals surface area contributed by atoms with Crippen molar-refractivity contribution in [3.05, 3.63) is 47.5 Å². The van der Waals surface area contributed by atoms with Crippen LogP contribution in [0.2, 0.25) is 0 Å². The first-order valence-corrected chi connectivity index (χ1v) is 11.2. The van der Waals surface area contributed by atoms with Crippen molar-refractivity contribution in [1.82, 2.24) is 9.80 Å². The number of ether oxygens (including phenoxy) is 2. The van der Waals surface area contributed by atoms with Gasteiger partial charge >= 0.3 is 0 Å². The summed E-state index contributed by atoms with van der Waals surface area (Å²) in [5.74, 6) is 1.62. The zero-order valence-corrected chi connectivity index (χ0v) is 21.3. The number of halogens is 2. The monoisotopic (exact) mass is 484 g/mol. The van der Waals surface area contributed by atoms with Crippen LogP contribution in [0.4, 0.5) is 0 Å². The lowest BCUT2D eigenvalue weighted by atomic mass is 10.1. The molecule has 0 bridgehead atoms. The number of aliphatic hydroxyl groups is 1. The summed E-state index contributed by atoms with van der Waals surface area (Å²) in [7, 11) is 2.12. The SMILES string of the molecule is CCN(C)CCCOc1ccc2c(c1)C(O)c1cc(OCCN(CC)CC)ccc1-2.Cl.Cl. The maximum absolute atomic E-state index is 10.9. The molecular weight excluding hydrogens is 447 g/mol. The number of benzene rings is 2. The summed E-state index contributed by atoms with van der Waals surface area (Å²) in [6.07, 6.45) is 0.342. The first-order valence-electron chi connectivity index (χ1n) is 11.2. The molecule has 1 aliphatic carbocycles. The number of rotatable bonds is 12. The molecule has 1 atom stereocenters. The number of hydrogen-bond donors (Lipinski definition) is 1. The summed E-state index contributed by atoms with van der Waals surface area (Å²) in [4.78, 5) is 4.61. The summed E-state index contributed by atoms with van der Waals surface area (Å²) in [5, 5.41) is 10.9. The standard InChI is InChI=1S/C25H36N2O3.2ClH/c1-5-26(4)13-8-15-29-19-9-11-21-22-12-10-20(30-16-14-27(6-2)7-3)18-24(22)25(28)23(21)17-19;;/h9-12,17-18,25,28H,5-8,13-16H2,1-4H3;2*1H. The lowest BCUT2D eigenvalue weighted by Gasteiger charge is -2.18. The van der Waals surface area contributed by atoms with Crippen LogP contribution in [-0.2, 0) is 0 Å². The highest BCUT2D eigenvalue weighted by atomic mass is 35.5. The minimum absolute atomic E-state index is 0. The molecule has 32 heavy (non-hydrogen) atoms. The summed E-state index contributed by atoms with van der Waals surface area (Å²) in [5.41, 5.74) is 3.97. The normalized spacial score (nSPS) is 13.9. The first-order chi connectivity index (χ1) is 14.6. The Kier molecular flexibility index (Phi) is 12.4. The summed E-state index contributed by atoms with van der Waals surface area (Å²) in [6, 6.07) is 12.1. The van der Waals surface area contributed by atoms with Gasteiger partial charge in [0.05, 0.1) is 6.61 Å². The highest BCUT2D eigenvalue weighted by molar-refractivity contribution is 5.85. The van der Waals surface area contributed by atoms with E-state index in [0.29, 0.717) is 13.2 Å². The lowest BCUT2D eigenvalue weighted by Crippen LogP contribution is -2.27. The topological polar surface area (TPSA) is 45.2 Å². The van der Waals surface area contributed by atoms with E-state index in [-0.39, 0.29) is 24.8 Å². The molecule has 0 aliphatic heterocycles. The quantitative estimate of drug-likeness (QED) is 0.427. The van der Waals surface area contributed by atoms with Gasteiger partial charge in [0.1, 0.15) is 24.2 Å². The molecular formula is C25H38Cl2N2O3. The highest BCUT2D eigenvalue weighted by Gasteiger charge is 2.28. The third kappa shape index (κ3) is 7.00. The van der Waals surface area contributed by atoms with Gasteiger partial charge < -0.3 is 24.4 Å². The van der Waals surface area contributed by atoms with Gasteiger partial charge in [-0.15, -0.1) is 24.8 Å². The van der Waals surface area contributed by atoms with Gasteiger partial charge in [0.25, 0.3) is 0 Å². The Bertz CT molecular complexity index is 831. The van der Waals surface area contributed by atoms with E-state index in [9.17, 15) is 5.11 Å². The molecule has 0 radical (unpaired) electrons. The van der Waals surface area contributed by atoms with Gasteiger partial charge in [-0.25, -0.2) is 0 Å². The number of hydrogen-bond acceptors (Lipinski definition) is 5. The molecule has 1 N–H and O–H groups in total. The molecule has 0 spiro atoms. The van der Waals surface area contributed by atoms with Crippen LogP contribution in [0, 0.1) is 0 Å². The minimum Gasteiger partial charge on any atom is -0.494 e. The molecule has 180 valence electrons. The maximum Gasteiger partial charge on any atom is 0.119 e. The van der Waals surface area contributed by atoms with Gasteiger partial charge in [-0.3, -0.25) is 0 Å². The molecule has 1 unspecified atom stereocenters. The third-order valence-electron chi connectivity index (χ3n) is 5.99. The van der Waals surface area contributed by atoms with E-state index in [1.165, 1.54) is 0 Å². The number of fused-ring (bicyclic) bond motifs is 3. The Morgan fingerprint density at radius 3 is 1.81 bits per heavy atom. The molecule has 0 heterocycles. The van der Waals surface area contributed by atoms with Gasteiger partial charge in [-0.2, -0.15) is 0 Å². The van der Waals surface area contributed by atoms with Gasteiger partial charge in [0.2, 0.25) is 0 Å². The Morgan fingerprint density at radius 1 is 0.781 bits per heavy atom. The van der Waals surface area contributed by atoms with E-state index in [1.807, 2.05) is 24.3 Å². The summed E-state index contributed by atoms with van der Waals surface area (Å²) in [6.45, 7) is 12.8. The van der Waals surface area contributed by atoms with E-state index >= 15 is 0 Å². The van der Waals surface area contributed by atoms with E-state index in [2.05, 4.69) is 49.8 Å². The van der Waals surface area contributed by atoms with Crippen LogP contribution in [0.3, 0.4) is 0 Å². The number of likely N-dealkylation sites (N-methyl/N-ethyl adjacent to an activating group) is 1. The molecule has 2 aromatic carbocycles. The van der Waals surface area contributed by atoms with Crippen LogP contribution in [0.1, 0.15) is 44.4 Å². The van der Waals surface area contributed by atoms with Crippen molar-refractivity contribution < 1.29 is 14.6 Å². The Morgan fingerprint density at radius 2 is 1.31 bits per heavy atom. The Hall–Kier alpha value is -1.50. The van der Waals surface area contributed by atoms with Gasteiger partial charge in [-0.1, -0.05) is 32.9 Å². The third-order valence-corrected chi connectivity index (χ3v) is 5.99. The molecule has 0 saturated carbocycles. The predicted molar refractivity (Wildman–Crippen MR) is 137 cm³/mol. The number of aliphatic hydroxyl groups excluding tert-OH is 1. The number of nitrogens with zero attached hydrogens (tertiary/aromatic N) is 2. The first kappa shape index (κ1) is 28.5. The van der Waals surface area contributed by atoms with E-state index in [1.54, 1.807) is 0 Å². The Balaban J connectivity index is 0.00000256. The van der Waals surface area contributed by atoms with E-state index in [4.69, 9.17) is 9.47 Å². The molecule has 0 saturated heterocycles. The van der Waals surface area contributed by atoms with Gasteiger partial charge in [-0.05, 0) is 79.6 Å². The smallest absolute Gasteiger partial charge is 0.119 e. The maximum atomic E-state index is 10.9. The van der Waals surface area contributed by atoms with E-state index < -0.39 is 6.10 Å². The fourth-order valence-electron chi connectivity index (χ4n) is 3.89. The van der Waals surface area contributed by atoms with Crippen molar-refractivity contribution in [3.8, 4) is 22.6 Å². The van der Waals surface area contributed by atoms with Crippen molar-refractivity contribution in [1.29, 1.82) is 0 Å². The molecule has 0 aromatic heterocycles.